The van der Waals surface area contributed by atoms with Gasteiger partial charge in [-0.15, -0.1) is 0 Å². The predicted octanol–water partition coefficient (Wildman–Crippen LogP) is 4.26. The molecule has 2 aromatic carbocycles. The molecule has 0 amide bonds. The van der Waals surface area contributed by atoms with Crippen LogP contribution in [0.3, 0.4) is 0 Å². The Morgan fingerprint density at radius 3 is 2.44 bits per heavy atom. The topological polar surface area (TPSA) is 12.0 Å². The summed E-state index contributed by atoms with van der Waals surface area (Å²) < 4.78 is 0. The average Bonchev–Trinajstić information content (AvgIpc) is 3.21. The quantitative estimate of drug-likeness (QED) is 0.863. The van der Waals surface area contributed by atoms with E-state index >= 15 is 0 Å². The lowest BCUT2D eigenvalue weighted by Crippen LogP contribution is -2.14. The average molecular weight is 258 g/mol. The Morgan fingerprint density at radius 2 is 1.78 bits per heavy atom. The van der Waals surface area contributed by atoms with E-state index < -0.39 is 0 Å². The van der Waals surface area contributed by atoms with Gasteiger partial charge in [-0.05, 0) is 41.7 Å². The number of nitrogens with one attached hydrogen (secondary N) is 1. The molecule has 0 aromatic heterocycles. The standard InChI is InChI=1S/C16H16ClN/c17-15-3-1-2-14(10-15)13-6-4-12(5-7-13)11-18-16-8-9-16/h1-7,10,16,18H,8-9,11H2. The van der Waals surface area contributed by atoms with Gasteiger partial charge in [0.1, 0.15) is 0 Å². The van der Waals surface area contributed by atoms with Crippen molar-refractivity contribution in [2.45, 2.75) is 25.4 Å². The molecule has 1 saturated carbocycles. The number of benzene rings is 2. The normalized spacial score (nSPS) is 14.7. The summed E-state index contributed by atoms with van der Waals surface area (Å²) in [6.45, 7) is 0.973. The minimum absolute atomic E-state index is 0.762. The molecule has 1 N–H and O–H groups in total. The fourth-order valence-corrected chi connectivity index (χ4v) is 2.22. The maximum atomic E-state index is 6.01. The van der Waals surface area contributed by atoms with Crippen molar-refractivity contribution in [3.8, 4) is 11.1 Å². The van der Waals surface area contributed by atoms with E-state index in [1.165, 1.54) is 29.5 Å². The lowest BCUT2D eigenvalue weighted by molar-refractivity contribution is 0.688. The van der Waals surface area contributed by atoms with Crippen LogP contribution in [0.1, 0.15) is 18.4 Å². The van der Waals surface area contributed by atoms with Crippen LogP contribution in [-0.4, -0.2) is 6.04 Å². The summed E-state index contributed by atoms with van der Waals surface area (Å²) in [5.41, 5.74) is 3.73. The Bertz CT molecular complexity index is 529. The first-order valence-corrected chi connectivity index (χ1v) is 6.77. The first kappa shape index (κ1) is 11.8. The highest BCUT2D eigenvalue weighted by molar-refractivity contribution is 6.30. The maximum Gasteiger partial charge on any atom is 0.0412 e. The smallest absolute Gasteiger partial charge is 0.0412 e. The monoisotopic (exact) mass is 257 g/mol. The van der Waals surface area contributed by atoms with Crippen molar-refractivity contribution in [1.29, 1.82) is 0 Å². The summed E-state index contributed by atoms with van der Waals surface area (Å²) in [5, 5.41) is 4.30. The van der Waals surface area contributed by atoms with Gasteiger partial charge in [0.2, 0.25) is 0 Å². The summed E-state index contributed by atoms with van der Waals surface area (Å²) >= 11 is 6.01. The first-order chi connectivity index (χ1) is 8.81. The summed E-state index contributed by atoms with van der Waals surface area (Å²) in [7, 11) is 0. The van der Waals surface area contributed by atoms with E-state index in [4.69, 9.17) is 11.6 Å². The highest BCUT2D eigenvalue weighted by Crippen LogP contribution is 2.23. The molecule has 18 heavy (non-hydrogen) atoms. The van der Waals surface area contributed by atoms with Crippen molar-refractivity contribution in [3.63, 3.8) is 0 Å². The molecule has 0 unspecified atom stereocenters. The molecular formula is C16H16ClN. The zero-order valence-electron chi connectivity index (χ0n) is 10.2. The van der Waals surface area contributed by atoms with Crippen LogP contribution >= 0.6 is 11.6 Å². The Hall–Kier alpha value is -1.31. The Morgan fingerprint density at radius 1 is 1.00 bits per heavy atom. The first-order valence-electron chi connectivity index (χ1n) is 6.39. The molecule has 0 atom stereocenters. The Kier molecular flexibility index (Phi) is 3.35. The Labute approximate surface area is 113 Å². The van der Waals surface area contributed by atoms with Crippen LogP contribution in [0.5, 0.6) is 0 Å². The zero-order valence-corrected chi connectivity index (χ0v) is 11.0. The third-order valence-corrected chi connectivity index (χ3v) is 3.52. The van der Waals surface area contributed by atoms with Crippen molar-refractivity contribution in [2.24, 2.45) is 0 Å². The molecule has 0 radical (unpaired) electrons. The molecule has 3 rings (SSSR count). The molecular weight excluding hydrogens is 242 g/mol. The fourth-order valence-electron chi connectivity index (χ4n) is 2.03. The van der Waals surface area contributed by atoms with Gasteiger partial charge >= 0.3 is 0 Å². The van der Waals surface area contributed by atoms with Crippen LogP contribution in [0.15, 0.2) is 48.5 Å². The van der Waals surface area contributed by atoms with Crippen molar-refractivity contribution in [2.75, 3.05) is 0 Å². The molecule has 1 aliphatic rings. The third-order valence-electron chi connectivity index (χ3n) is 3.28. The van der Waals surface area contributed by atoms with E-state index in [2.05, 4.69) is 35.6 Å². The van der Waals surface area contributed by atoms with Gasteiger partial charge in [0.25, 0.3) is 0 Å². The zero-order chi connectivity index (χ0) is 12.4. The van der Waals surface area contributed by atoms with Gasteiger partial charge in [-0.3, -0.25) is 0 Å². The van der Waals surface area contributed by atoms with Crippen molar-refractivity contribution in [3.05, 3.63) is 59.1 Å². The lowest BCUT2D eigenvalue weighted by Gasteiger charge is -2.06. The molecule has 2 heteroatoms. The molecule has 0 heterocycles. The molecule has 1 nitrogen and oxygen atoms in total. The summed E-state index contributed by atoms with van der Waals surface area (Å²) in [5.74, 6) is 0. The fraction of sp³-hybridized carbons (Fsp3) is 0.250. The van der Waals surface area contributed by atoms with Crippen molar-refractivity contribution in [1.82, 2.24) is 5.32 Å². The van der Waals surface area contributed by atoms with E-state index in [1.54, 1.807) is 0 Å². The molecule has 0 aliphatic heterocycles. The summed E-state index contributed by atoms with van der Waals surface area (Å²) in [6, 6.07) is 17.4. The second-order valence-corrected chi connectivity index (χ2v) is 5.30. The number of hydrogen-bond acceptors (Lipinski definition) is 1. The third kappa shape index (κ3) is 2.92. The maximum absolute atomic E-state index is 6.01. The van der Waals surface area contributed by atoms with E-state index in [-0.39, 0.29) is 0 Å². The molecule has 1 fully saturated rings. The van der Waals surface area contributed by atoms with Crippen LogP contribution in [0, 0.1) is 0 Å². The second kappa shape index (κ2) is 5.13. The summed E-state index contributed by atoms with van der Waals surface area (Å²) in [4.78, 5) is 0. The molecule has 1 aliphatic carbocycles. The van der Waals surface area contributed by atoms with E-state index in [1.807, 2.05) is 18.2 Å². The van der Waals surface area contributed by atoms with Gasteiger partial charge in [0, 0.05) is 17.6 Å². The van der Waals surface area contributed by atoms with Crippen LogP contribution < -0.4 is 5.32 Å². The highest BCUT2D eigenvalue weighted by atomic mass is 35.5. The van der Waals surface area contributed by atoms with Gasteiger partial charge < -0.3 is 5.32 Å². The number of rotatable bonds is 4. The number of hydrogen-bond donors (Lipinski definition) is 1. The van der Waals surface area contributed by atoms with E-state index in [9.17, 15) is 0 Å². The molecule has 2 aromatic rings. The van der Waals surface area contributed by atoms with Crippen LogP contribution in [-0.2, 0) is 6.54 Å². The van der Waals surface area contributed by atoms with Gasteiger partial charge in [0.15, 0.2) is 0 Å². The minimum Gasteiger partial charge on any atom is -0.310 e. The molecule has 0 bridgehead atoms. The molecule has 92 valence electrons. The van der Waals surface area contributed by atoms with Crippen molar-refractivity contribution < 1.29 is 0 Å². The second-order valence-electron chi connectivity index (χ2n) is 4.86. The molecule has 0 spiro atoms. The van der Waals surface area contributed by atoms with Gasteiger partial charge in [-0.2, -0.15) is 0 Å². The SMILES string of the molecule is Clc1cccc(-c2ccc(CNC3CC3)cc2)c1. The lowest BCUT2D eigenvalue weighted by atomic mass is 10.0. The van der Waals surface area contributed by atoms with Crippen molar-refractivity contribution >= 4 is 11.6 Å². The van der Waals surface area contributed by atoms with Gasteiger partial charge in [-0.1, -0.05) is 48.0 Å². The largest absolute Gasteiger partial charge is 0.310 e. The van der Waals surface area contributed by atoms with Crippen LogP contribution in [0.2, 0.25) is 5.02 Å². The van der Waals surface area contributed by atoms with Gasteiger partial charge in [0.05, 0.1) is 0 Å². The van der Waals surface area contributed by atoms with Crippen LogP contribution in [0.4, 0.5) is 0 Å². The Balaban J connectivity index is 1.73. The molecule has 0 saturated heterocycles. The summed E-state index contributed by atoms with van der Waals surface area (Å²) in [6.07, 6.45) is 2.67. The van der Waals surface area contributed by atoms with E-state index in [0.29, 0.717) is 0 Å². The highest BCUT2D eigenvalue weighted by Gasteiger charge is 2.19. The van der Waals surface area contributed by atoms with Gasteiger partial charge in [-0.25, -0.2) is 0 Å². The minimum atomic E-state index is 0.762. The number of halogens is 1. The van der Waals surface area contributed by atoms with Crippen LogP contribution in [0.25, 0.3) is 11.1 Å². The predicted molar refractivity (Wildman–Crippen MR) is 76.7 cm³/mol. The van der Waals surface area contributed by atoms with E-state index in [0.717, 1.165) is 17.6 Å².